The van der Waals surface area contributed by atoms with Crippen molar-refractivity contribution in [3.63, 3.8) is 0 Å². The molecular weight excluding hydrogens is 719 g/mol. The summed E-state index contributed by atoms with van der Waals surface area (Å²) in [4.78, 5) is 0. The van der Waals surface area contributed by atoms with Crippen LogP contribution in [0.1, 0.15) is 84.6 Å². The summed E-state index contributed by atoms with van der Waals surface area (Å²) in [7, 11) is 0. The number of nitrogens with zero attached hydrogens (tertiary/aromatic N) is 3. The zero-order valence-corrected chi connectivity index (χ0v) is 35.6. The zero-order valence-electron chi connectivity index (χ0n) is 35.6. The molecule has 3 aliphatic rings. The molecule has 0 amide bonds. The standard InChI is InChI=1S/C55H51N3O/c1-52(2,3)37-24-22-35(23-25-37)42-31-38(53(4,5)6)26-27-45(42)57-46-20-15-19-40-43-32-39(54(7,8)9)33-44-47-30-36(34-16-11-10-12-17-34)28-29-56(47)55(49(43)44)58(50(40)46)51(57)41-18-13-14-21-48(41)59-55/h10-33H,1-9H3/q+2. The smallest absolute Gasteiger partial charge is 0.392 e. The summed E-state index contributed by atoms with van der Waals surface area (Å²) in [5.74, 6) is 0.966. The fourth-order valence-electron chi connectivity index (χ4n) is 9.84. The Morgan fingerprint density at radius 2 is 1.14 bits per heavy atom. The van der Waals surface area contributed by atoms with Gasteiger partial charge in [-0.05, 0) is 98.2 Å². The summed E-state index contributed by atoms with van der Waals surface area (Å²) in [6.45, 7) is 20.7. The molecule has 3 aliphatic heterocycles. The van der Waals surface area contributed by atoms with Crippen LogP contribution in [0.4, 0.5) is 0 Å². The molecule has 0 bridgehead atoms. The van der Waals surface area contributed by atoms with E-state index in [1.165, 1.54) is 66.7 Å². The first-order valence-corrected chi connectivity index (χ1v) is 21.1. The Morgan fingerprint density at radius 1 is 0.492 bits per heavy atom. The van der Waals surface area contributed by atoms with E-state index in [4.69, 9.17) is 4.74 Å². The highest BCUT2D eigenvalue weighted by Gasteiger charge is 2.68. The molecule has 59 heavy (non-hydrogen) atoms. The number of ether oxygens (including phenoxy) is 1. The molecule has 8 aromatic rings. The first-order chi connectivity index (χ1) is 28.1. The summed E-state index contributed by atoms with van der Waals surface area (Å²) in [5.41, 5.74) is 19.2. The highest BCUT2D eigenvalue weighted by atomic mass is 16.5. The summed E-state index contributed by atoms with van der Waals surface area (Å²) in [6, 6.07) is 52.2. The SMILES string of the molecule is CC(C)(C)c1ccc(-c2cc(C(C)(C)C)ccc2-n2c3[n+]4c5c(cccc52)-c2cc(C(C)(C)C)cc5c2C4(Oc2ccccc2-3)[n+]2ccc(-c3ccccc3)cc2-5)cc1. The van der Waals surface area contributed by atoms with Crippen molar-refractivity contribution in [2.24, 2.45) is 0 Å². The normalized spacial score (nSPS) is 16.1. The van der Waals surface area contributed by atoms with Gasteiger partial charge in [0.2, 0.25) is 5.69 Å². The Morgan fingerprint density at radius 3 is 1.86 bits per heavy atom. The van der Waals surface area contributed by atoms with Gasteiger partial charge in [0.25, 0.3) is 0 Å². The molecule has 0 aliphatic carbocycles. The van der Waals surface area contributed by atoms with Gasteiger partial charge in [0.1, 0.15) is 22.6 Å². The largest absolute Gasteiger partial charge is 0.499 e. The molecule has 1 unspecified atom stereocenters. The molecular formula is C55H51N3O+2. The van der Waals surface area contributed by atoms with Gasteiger partial charge in [-0.25, -0.2) is 0 Å². The Labute approximate surface area is 348 Å². The van der Waals surface area contributed by atoms with Crippen molar-refractivity contribution in [3.05, 3.63) is 168 Å². The summed E-state index contributed by atoms with van der Waals surface area (Å²) < 4.78 is 15.1. The first-order valence-electron chi connectivity index (χ1n) is 21.1. The minimum Gasteiger partial charge on any atom is -0.392 e. The van der Waals surface area contributed by atoms with Crippen molar-refractivity contribution < 1.29 is 13.9 Å². The third-order valence-electron chi connectivity index (χ3n) is 13.0. The average molecular weight is 770 g/mol. The molecule has 1 spiro atoms. The van der Waals surface area contributed by atoms with E-state index in [-0.39, 0.29) is 16.2 Å². The van der Waals surface area contributed by atoms with Crippen molar-refractivity contribution in [2.45, 2.75) is 84.4 Å². The zero-order chi connectivity index (χ0) is 40.8. The number of imidazole rings is 1. The van der Waals surface area contributed by atoms with E-state index in [0.29, 0.717) is 0 Å². The number of rotatable bonds is 3. The number of benzene rings is 6. The van der Waals surface area contributed by atoms with Crippen LogP contribution in [0.5, 0.6) is 5.75 Å². The van der Waals surface area contributed by atoms with Crippen LogP contribution in [0.2, 0.25) is 0 Å². The number of hydrogen-bond donors (Lipinski definition) is 0. The van der Waals surface area contributed by atoms with Gasteiger partial charge in [0, 0.05) is 28.8 Å². The summed E-state index contributed by atoms with van der Waals surface area (Å²) in [6.07, 6.45) is 2.26. The van der Waals surface area contributed by atoms with Crippen molar-refractivity contribution in [1.82, 2.24) is 4.57 Å². The molecule has 4 nitrogen and oxygen atoms in total. The van der Waals surface area contributed by atoms with E-state index < -0.39 is 5.85 Å². The Bertz CT molecular complexity index is 3060. The lowest BCUT2D eigenvalue weighted by Gasteiger charge is -2.33. The summed E-state index contributed by atoms with van der Waals surface area (Å²) in [5, 5.41) is 0. The van der Waals surface area contributed by atoms with Crippen LogP contribution in [0.15, 0.2) is 146 Å². The molecule has 0 saturated carbocycles. The Kier molecular flexibility index (Phi) is 7.24. The lowest BCUT2D eigenvalue weighted by atomic mass is 9.80. The van der Waals surface area contributed by atoms with Crippen LogP contribution in [0.25, 0.3) is 72.7 Å². The number of aromatic nitrogens is 3. The number of pyridine rings is 1. The predicted molar refractivity (Wildman–Crippen MR) is 240 cm³/mol. The molecule has 11 rings (SSSR count). The Balaban J connectivity index is 1.29. The molecule has 0 N–H and O–H groups in total. The summed E-state index contributed by atoms with van der Waals surface area (Å²) >= 11 is 0. The van der Waals surface area contributed by atoms with Crippen LogP contribution in [0, 0.1) is 0 Å². The molecule has 290 valence electrons. The van der Waals surface area contributed by atoms with Crippen molar-refractivity contribution >= 4 is 11.0 Å². The predicted octanol–water partition coefficient (Wildman–Crippen LogP) is 12.7. The van der Waals surface area contributed by atoms with Crippen LogP contribution < -0.4 is 13.9 Å². The average Bonchev–Trinajstić information content (AvgIpc) is 3.71. The lowest BCUT2D eigenvalue weighted by molar-refractivity contribution is -0.997. The van der Waals surface area contributed by atoms with Gasteiger partial charge in [-0.1, -0.05) is 141 Å². The van der Waals surface area contributed by atoms with Crippen LogP contribution >= 0.6 is 0 Å². The fourth-order valence-corrected chi connectivity index (χ4v) is 9.84. The maximum Gasteiger partial charge on any atom is 0.499 e. The molecule has 5 heterocycles. The molecule has 2 aromatic heterocycles. The highest BCUT2D eigenvalue weighted by molar-refractivity contribution is 5.98. The molecule has 0 saturated heterocycles. The number of hydrogen-bond acceptors (Lipinski definition) is 1. The van der Waals surface area contributed by atoms with Crippen molar-refractivity contribution in [2.75, 3.05) is 0 Å². The van der Waals surface area contributed by atoms with E-state index in [1.54, 1.807) is 0 Å². The topological polar surface area (TPSA) is 21.9 Å². The second kappa shape index (κ2) is 11.9. The molecule has 4 heteroatoms. The number of fused-ring (bicyclic) bond motifs is 5. The monoisotopic (exact) mass is 769 g/mol. The van der Waals surface area contributed by atoms with Crippen molar-refractivity contribution in [1.29, 1.82) is 0 Å². The van der Waals surface area contributed by atoms with Crippen molar-refractivity contribution in [3.8, 4) is 67.5 Å². The van der Waals surface area contributed by atoms with Crippen LogP contribution in [-0.4, -0.2) is 4.57 Å². The van der Waals surface area contributed by atoms with E-state index in [9.17, 15) is 0 Å². The lowest BCUT2D eigenvalue weighted by Crippen LogP contribution is -2.78. The maximum absolute atomic E-state index is 7.66. The van der Waals surface area contributed by atoms with Gasteiger partial charge in [0.05, 0.1) is 5.56 Å². The molecule has 0 fully saturated rings. The van der Waals surface area contributed by atoms with Gasteiger partial charge < -0.3 is 4.74 Å². The van der Waals surface area contributed by atoms with Gasteiger partial charge in [-0.3, -0.25) is 0 Å². The van der Waals surface area contributed by atoms with Gasteiger partial charge in [-0.15, -0.1) is 9.13 Å². The minimum absolute atomic E-state index is 0.0300. The molecule has 0 radical (unpaired) electrons. The minimum atomic E-state index is -1.01. The second-order valence-corrected chi connectivity index (χ2v) is 19.9. The quantitative estimate of drug-likeness (QED) is 0.164. The fraction of sp³-hybridized carbons (Fsp3) is 0.236. The van der Waals surface area contributed by atoms with Crippen LogP contribution in [-0.2, 0) is 22.1 Å². The first kappa shape index (κ1) is 35.9. The van der Waals surface area contributed by atoms with Crippen LogP contribution in [0.3, 0.4) is 0 Å². The maximum atomic E-state index is 7.66. The van der Waals surface area contributed by atoms with E-state index in [2.05, 4.69) is 222 Å². The highest BCUT2D eigenvalue weighted by Crippen LogP contribution is 2.54. The third-order valence-corrected chi connectivity index (χ3v) is 13.0. The van der Waals surface area contributed by atoms with E-state index in [1.807, 2.05) is 0 Å². The number of para-hydroxylation sites is 2. The second-order valence-electron chi connectivity index (χ2n) is 19.9. The van der Waals surface area contributed by atoms with E-state index >= 15 is 0 Å². The molecule has 1 atom stereocenters. The van der Waals surface area contributed by atoms with Gasteiger partial charge in [0.15, 0.2) is 17.2 Å². The van der Waals surface area contributed by atoms with E-state index in [0.717, 1.165) is 34.0 Å². The third kappa shape index (κ3) is 5.02. The Hall–Kier alpha value is -6.26. The van der Waals surface area contributed by atoms with Gasteiger partial charge in [-0.2, -0.15) is 4.57 Å². The molecule has 6 aromatic carbocycles. The van der Waals surface area contributed by atoms with Gasteiger partial charge >= 0.3 is 11.7 Å².